The summed E-state index contributed by atoms with van der Waals surface area (Å²) >= 11 is 5.57. The van der Waals surface area contributed by atoms with Crippen LogP contribution in [0.2, 0.25) is 5.02 Å². The van der Waals surface area contributed by atoms with Gasteiger partial charge in [-0.25, -0.2) is 4.39 Å². The van der Waals surface area contributed by atoms with Crippen LogP contribution >= 0.6 is 11.6 Å². The number of fused-ring (bicyclic) bond motifs is 3. The van der Waals surface area contributed by atoms with Crippen LogP contribution in [0, 0.1) is 11.2 Å². The monoisotopic (exact) mass is 369 g/mol. The Labute approximate surface area is 148 Å². The lowest BCUT2D eigenvalue weighted by molar-refractivity contribution is -0.163. The Morgan fingerprint density at radius 3 is 2.52 bits per heavy atom. The predicted octanol–water partition coefficient (Wildman–Crippen LogP) is 2.33. The van der Waals surface area contributed by atoms with E-state index in [2.05, 4.69) is 5.32 Å². The number of ether oxygens (including phenoxy) is 1. The molecule has 3 fully saturated rings. The third-order valence-corrected chi connectivity index (χ3v) is 5.49. The zero-order chi connectivity index (χ0) is 18.2. The number of hydrogen-bond donors (Lipinski definition) is 2. The Kier molecular flexibility index (Phi) is 4.45. The number of carboxylic acids is 1. The maximum Gasteiger partial charge on any atom is 0.310 e. The molecular formula is C17H17ClFNO5. The molecule has 2 bridgehead atoms. The number of carboxylic acid groups (broad SMARTS) is 1. The van der Waals surface area contributed by atoms with Crippen molar-refractivity contribution >= 4 is 29.3 Å². The van der Waals surface area contributed by atoms with E-state index in [0.717, 1.165) is 6.07 Å². The van der Waals surface area contributed by atoms with E-state index in [1.54, 1.807) is 0 Å². The quantitative estimate of drug-likeness (QED) is 0.831. The first-order valence-electron chi connectivity index (χ1n) is 7.92. The van der Waals surface area contributed by atoms with Gasteiger partial charge in [0.05, 0.1) is 16.0 Å². The van der Waals surface area contributed by atoms with Gasteiger partial charge in [-0.05, 0) is 37.8 Å². The number of amides is 1. The van der Waals surface area contributed by atoms with E-state index >= 15 is 0 Å². The third kappa shape index (κ3) is 3.20. The van der Waals surface area contributed by atoms with Crippen molar-refractivity contribution in [1.29, 1.82) is 0 Å². The SMILES string of the molecule is O=C(COc1ccc(Cl)c(F)c1)NC12CCC(C(=O)O)(CC1)CC2=O. The molecule has 1 amide bonds. The number of benzene rings is 1. The summed E-state index contributed by atoms with van der Waals surface area (Å²) in [6.45, 7) is -0.375. The molecule has 0 spiro atoms. The highest BCUT2D eigenvalue weighted by Crippen LogP contribution is 2.50. The number of carbonyl (C=O) groups excluding carboxylic acids is 2. The Balaban J connectivity index is 1.61. The van der Waals surface area contributed by atoms with Crippen LogP contribution in [0.25, 0.3) is 0 Å². The van der Waals surface area contributed by atoms with E-state index in [9.17, 15) is 23.9 Å². The Bertz CT molecular complexity index is 743. The van der Waals surface area contributed by atoms with Gasteiger partial charge in [-0.1, -0.05) is 11.6 Å². The van der Waals surface area contributed by atoms with Gasteiger partial charge in [-0.3, -0.25) is 14.4 Å². The number of nitrogens with one attached hydrogen (secondary N) is 1. The van der Waals surface area contributed by atoms with Crippen LogP contribution in [0.5, 0.6) is 5.75 Å². The molecule has 25 heavy (non-hydrogen) atoms. The molecule has 0 aliphatic heterocycles. The summed E-state index contributed by atoms with van der Waals surface area (Å²) in [5.74, 6) is -2.21. The van der Waals surface area contributed by atoms with Crippen molar-refractivity contribution in [2.24, 2.45) is 5.41 Å². The molecular weight excluding hydrogens is 353 g/mol. The van der Waals surface area contributed by atoms with Crippen LogP contribution < -0.4 is 10.1 Å². The largest absolute Gasteiger partial charge is 0.484 e. The van der Waals surface area contributed by atoms with Crippen LogP contribution in [-0.2, 0) is 14.4 Å². The number of carbonyl (C=O) groups is 3. The minimum atomic E-state index is -1.01. The van der Waals surface area contributed by atoms with Gasteiger partial charge in [0.1, 0.15) is 11.6 Å². The number of aliphatic carboxylic acids is 1. The molecule has 0 aromatic heterocycles. The minimum Gasteiger partial charge on any atom is -0.484 e. The Morgan fingerprint density at radius 2 is 1.96 bits per heavy atom. The molecule has 2 N–H and O–H groups in total. The fourth-order valence-electron chi connectivity index (χ4n) is 3.59. The maximum atomic E-state index is 13.3. The van der Waals surface area contributed by atoms with Crippen LogP contribution in [0.1, 0.15) is 32.1 Å². The van der Waals surface area contributed by atoms with Gasteiger partial charge < -0.3 is 15.2 Å². The van der Waals surface area contributed by atoms with E-state index < -0.39 is 28.6 Å². The van der Waals surface area contributed by atoms with Crippen LogP contribution in [-0.4, -0.2) is 34.9 Å². The lowest BCUT2D eigenvalue weighted by Crippen LogP contribution is -2.64. The maximum absolute atomic E-state index is 13.3. The highest BCUT2D eigenvalue weighted by molar-refractivity contribution is 6.30. The summed E-state index contributed by atoms with van der Waals surface area (Å²) < 4.78 is 18.6. The van der Waals surface area contributed by atoms with Crippen molar-refractivity contribution in [1.82, 2.24) is 5.32 Å². The second-order valence-corrected chi connectivity index (χ2v) is 7.09. The predicted molar refractivity (Wildman–Crippen MR) is 85.9 cm³/mol. The van der Waals surface area contributed by atoms with E-state index in [1.165, 1.54) is 12.1 Å². The number of rotatable bonds is 5. The molecule has 0 radical (unpaired) electrons. The Hall–Kier alpha value is -2.15. The van der Waals surface area contributed by atoms with Gasteiger partial charge in [-0.2, -0.15) is 0 Å². The summed E-state index contributed by atoms with van der Waals surface area (Å²) in [5, 5.41) is 12.0. The van der Waals surface area contributed by atoms with Crippen molar-refractivity contribution in [2.75, 3.05) is 6.61 Å². The third-order valence-electron chi connectivity index (χ3n) is 5.19. The van der Waals surface area contributed by atoms with Crippen molar-refractivity contribution in [2.45, 2.75) is 37.6 Å². The molecule has 1 aromatic rings. The van der Waals surface area contributed by atoms with E-state index in [-0.39, 0.29) is 29.6 Å². The average molecular weight is 370 g/mol. The zero-order valence-electron chi connectivity index (χ0n) is 13.3. The van der Waals surface area contributed by atoms with Crippen LogP contribution in [0.3, 0.4) is 0 Å². The first-order valence-corrected chi connectivity index (χ1v) is 8.30. The Morgan fingerprint density at radius 1 is 1.28 bits per heavy atom. The van der Waals surface area contributed by atoms with Crippen molar-refractivity contribution in [3.8, 4) is 5.75 Å². The second kappa shape index (κ2) is 6.29. The van der Waals surface area contributed by atoms with Crippen molar-refractivity contribution in [3.05, 3.63) is 29.0 Å². The molecule has 3 aliphatic rings. The highest BCUT2D eigenvalue weighted by atomic mass is 35.5. The topological polar surface area (TPSA) is 92.7 Å². The standard InChI is InChI=1S/C17H17ClFNO5/c18-11-2-1-10(7-12(11)19)25-9-14(22)20-17-5-3-16(4-6-17,15(23)24)8-13(17)21/h1-2,7H,3-6,8-9H2,(H,20,22)(H,23,24). The second-order valence-electron chi connectivity index (χ2n) is 6.68. The molecule has 1 aromatic carbocycles. The number of Topliss-reactive ketones (excluding diaryl/α,β-unsaturated/α-hetero) is 1. The van der Waals surface area contributed by atoms with Crippen molar-refractivity contribution < 1.29 is 28.6 Å². The van der Waals surface area contributed by atoms with E-state index in [1.807, 2.05) is 0 Å². The smallest absolute Gasteiger partial charge is 0.310 e. The average Bonchev–Trinajstić information content (AvgIpc) is 2.57. The first kappa shape index (κ1) is 17.7. The van der Waals surface area contributed by atoms with Gasteiger partial charge in [0.15, 0.2) is 12.4 Å². The summed E-state index contributed by atoms with van der Waals surface area (Å²) in [5.41, 5.74) is -2.00. The summed E-state index contributed by atoms with van der Waals surface area (Å²) in [4.78, 5) is 36.0. The highest BCUT2D eigenvalue weighted by Gasteiger charge is 2.58. The molecule has 6 nitrogen and oxygen atoms in total. The summed E-state index contributed by atoms with van der Waals surface area (Å²) in [6.07, 6.45) is 1.26. The first-order chi connectivity index (χ1) is 11.8. The van der Waals surface area contributed by atoms with Gasteiger partial charge in [-0.15, -0.1) is 0 Å². The number of hydrogen-bond acceptors (Lipinski definition) is 4. The molecule has 3 saturated carbocycles. The lowest BCUT2D eigenvalue weighted by atomic mass is 9.56. The molecule has 0 atom stereocenters. The summed E-state index contributed by atoms with van der Waals surface area (Å²) in [7, 11) is 0. The minimum absolute atomic E-state index is 0.0485. The molecule has 0 heterocycles. The summed E-state index contributed by atoms with van der Waals surface area (Å²) in [6, 6.07) is 3.83. The van der Waals surface area contributed by atoms with Gasteiger partial charge in [0.2, 0.25) is 0 Å². The van der Waals surface area contributed by atoms with Crippen LogP contribution in [0.15, 0.2) is 18.2 Å². The number of halogens is 2. The van der Waals surface area contributed by atoms with Gasteiger partial charge in [0, 0.05) is 12.5 Å². The molecule has 0 unspecified atom stereocenters. The van der Waals surface area contributed by atoms with Crippen LogP contribution in [0.4, 0.5) is 4.39 Å². The molecule has 0 saturated heterocycles. The lowest BCUT2D eigenvalue weighted by Gasteiger charge is -2.49. The molecule has 3 aliphatic carbocycles. The van der Waals surface area contributed by atoms with Crippen molar-refractivity contribution in [3.63, 3.8) is 0 Å². The van der Waals surface area contributed by atoms with Gasteiger partial charge in [0.25, 0.3) is 5.91 Å². The molecule has 134 valence electrons. The fraction of sp³-hybridized carbons (Fsp3) is 0.471. The molecule has 8 heteroatoms. The van der Waals surface area contributed by atoms with E-state index in [0.29, 0.717) is 25.7 Å². The van der Waals surface area contributed by atoms with Gasteiger partial charge >= 0.3 is 5.97 Å². The number of ketones is 1. The van der Waals surface area contributed by atoms with E-state index in [4.69, 9.17) is 16.3 Å². The fourth-order valence-corrected chi connectivity index (χ4v) is 3.71. The normalized spacial score (nSPS) is 27.8. The zero-order valence-corrected chi connectivity index (χ0v) is 14.1. The molecule has 4 rings (SSSR count).